The number of pyridine rings is 1. The molecule has 2 aromatic rings. The summed E-state index contributed by atoms with van der Waals surface area (Å²) in [5.74, 6) is 0. The molecule has 0 aromatic carbocycles. The molecule has 2 heterocycles. The molecule has 0 spiro atoms. The van der Waals surface area contributed by atoms with Gasteiger partial charge in [0.05, 0.1) is 0 Å². The summed E-state index contributed by atoms with van der Waals surface area (Å²) >= 11 is 1.19. The van der Waals surface area contributed by atoms with Crippen molar-refractivity contribution >= 4 is 46.5 Å². The second-order valence-electron chi connectivity index (χ2n) is 2.49. The van der Waals surface area contributed by atoms with E-state index in [0.717, 1.165) is 0 Å². The molecule has 2 rings (SSSR count). The highest BCUT2D eigenvalue weighted by atomic mass is 35.7. The smallest absolute Gasteiger partial charge is 0.262 e. The van der Waals surface area contributed by atoms with Gasteiger partial charge in [0.15, 0.2) is 5.13 Å². The molecule has 0 bridgehead atoms. The van der Waals surface area contributed by atoms with Crippen LogP contribution in [0.4, 0.5) is 5.13 Å². The Labute approximate surface area is 88.0 Å². The number of rotatable bonds is 1. The van der Waals surface area contributed by atoms with Gasteiger partial charge in [0.2, 0.25) is 0 Å². The van der Waals surface area contributed by atoms with Gasteiger partial charge in [-0.05, 0) is 6.07 Å². The van der Waals surface area contributed by atoms with Crippen molar-refractivity contribution < 1.29 is 8.42 Å². The van der Waals surface area contributed by atoms with Crippen LogP contribution in [-0.2, 0) is 9.05 Å². The Kier molecular flexibility index (Phi) is 2.09. The van der Waals surface area contributed by atoms with Crippen molar-refractivity contribution in [1.29, 1.82) is 0 Å². The molecule has 0 radical (unpaired) electrons. The average molecular weight is 250 g/mol. The molecular weight excluding hydrogens is 246 g/mol. The van der Waals surface area contributed by atoms with E-state index in [9.17, 15) is 8.42 Å². The second kappa shape index (κ2) is 3.04. The predicted molar refractivity (Wildman–Crippen MR) is 54.9 cm³/mol. The van der Waals surface area contributed by atoms with Crippen LogP contribution in [0.2, 0.25) is 0 Å². The molecule has 74 valence electrons. The maximum absolute atomic E-state index is 11.0. The minimum Gasteiger partial charge on any atom is -0.375 e. The van der Waals surface area contributed by atoms with Crippen LogP contribution in [0.5, 0.6) is 0 Å². The van der Waals surface area contributed by atoms with Gasteiger partial charge < -0.3 is 5.73 Å². The average Bonchev–Trinajstić information content (AvgIpc) is 2.41. The van der Waals surface area contributed by atoms with Gasteiger partial charge in [-0.3, -0.25) is 0 Å². The van der Waals surface area contributed by atoms with E-state index in [1.54, 1.807) is 0 Å². The standard InChI is InChI=1S/C6H4ClN3O2S2/c7-14(11,12)3-1-4-5(9-2-3)13-6(8)10-4/h1-2H,(H2,8,10). The minimum absolute atomic E-state index is 0.0723. The highest BCUT2D eigenvalue weighted by Crippen LogP contribution is 2.24. The third-order valence-electron chi connectivity index (χ3n) is 1.52. The van der Waals surface area contributed by atoms with Crippen LogP contribution in [0.1, 0.15) is 0 Å². The summed E-state index contributed by atoms with van der Waals surface area (Å²) in [6, 6.07) is 1.34. The first-order chi connectivity index (χ1) is 6.47. The summed E-state index contributed by atoms with van der Waals surface area (Å²) in [4.78, 5) is 8.30. The zero-order valence-electron chi connectivity index (χ0n) is 6.64. The first kappa shape index (κ1) is 9.63. The van der Waals surface area contributed by atoms with E-state index in [2.05, 4.69) is 9.97 Å². The highest BCUT2D eigenvalue weighted by Gasteiger charge is 2.12. The molecule has 2 aromatic heterocycles. The van der Waals surface area contributed by atoms with E-state index in [1.807, 2.05) is 0 Å². The normalized spacial score (nSPS) is 12.1. The number of hydrogen-bond acceptors (Lipinski definition) is 6. The van der Waals surface area contributed by atoms with Gasteiger partial charge in [-0.25, -0.2) is 18.4 Å². The number of fused-ring (bicyclic) bond motifs is 1. The van der Waals surface area contributed by atoms with Crippen LogP contribution in [0, 0.1) is 0 Å². The molecule has 0 saturated carbocycles. The number of nitrogens with zero attached hydrogens (tertiary/aromatic N) is 2. The molecule has 5 nitrogen and oxygen atoms in total. The van der Waals surface area contributed by atoms with Crippen molar-refractivity contribution in [1.82, 2.24) is 9.97 Å². The maximum Gasteiger partial charge on any atom is 0.262 e. The predicted octanol–water partition coefficient (Wildman–Crippen LogP) is 1.20. The van der Waals surface area contributed by atoms with E-state index in [-0.39, 0.29) is 4.90 Å². The fourth-order valence-electron chi connectivity index (χ4n) is 0.955. The molecule has 2 N–H and O–H groups in total. The molecule has 0 fully saturated rings. The maximum atomic E-state index is 11.0. The molecule has 0 amide bonds. The Morgan fingerprint density at radius 3 is 2.86 bits per heavy atom. The van der Waals surface area contributed by atoms with E-state index in [0.29, 0.717) is 15.5 Å². The molecule has 0 atom stereocenters. The molecule has 8 heteroatoms. The SMILES string of the molecule is Nc1nc2cc(S(=O)(=O)Cl)cnc2s1. The minimum atomic E-state index is -3.75. The Hall–Kier alpha value is -0.920. The quantitative estimate of drug-likeness (QED) is 0.768. The number of hydrogen-bond donors (Lipinski definition) is 1. The van der Waals surface area contributed by atoms with E-state index < -0.39 is 9.05 Å². The number of anilines is 1. The topological polar surface area (TPSA) is 85.9 Å². The number of thiazole rings is 1. The molecule has 0 unspecified atom stereocenters. The molecular formula is C6H4ClN3O2S2. The fraction of sp³-hybridized carbons (Fsp3) is 0. The zero-order chi connectivity index (χ0) is 10.3. The lowest BCUT2D eigenvalue weighted by Crippen LogP contribution is -1.91. The first-order valence-corrected chi connectivity index (χ1v) is 6.56. The van der Waals surface area contributed by atoms with Crippen molar-refractivity contribution in [3.8, 4) is 0 Å². The van der Waals surface area contributed by atoms with E-state index in [1.165, 1.54) is 23.6 Å². The van der Waals surface area contributed by atoms with Crippen molar-refractivity contribution in [2.75, 3.05) is 5.73 Å². The van der Waals surface area contributed by atoms with Gasteiger partial charge in [0.1, 0.15) is 15.2 Å². The summed E-state index contributed by atoms with van der Waals surface area (Å²) in [6.07, 6.45) is 1.18. The Morgan fingerprint density at radius 1 is 1.50 bits per heavy atom. The van der Waals surface area contributed by atoms with Crippen molar-refractivity contribution in [2.24, 2.45) is 0 Å². The van der Waals surface area contributed by atoms with Crippen LogP contribution in [0.25, 0.3) is 10.3 Å². The highest BCUT2D eigenvalue weighted by molar-refractivity contribution is 8.13. The third-order valence-corrected chi connectivity index (χ3v) is 3.65. The van der Waals surface area contributed by atoms with Crippen LogP contribution >= 0.6 is 22.0 Å². The van der Waals surface area contributed by atoms with Gasteiger partial charge in [0, 0.05) is 16.9 Å². The van der Waals surface area contributed by atoms with Crippen molar-refractivity contribution in [2.45, 2.75) is 4.90 Å². The fourth-order valence-corrected chi connectivity index (χ4v) is 2.30. The van der Waals surface area contributed by atoms with Crippen LogP contribution in [0.15, 0.2) is 17.2 Å². The second-order valence-corrected chi connectivity index (χ2v) is 6.06. The summed E-state index contributed by atoms with van der Waals surface area (Å²) in [5.41, 5.74) is 5.87. The Balaban J connectivity index is 2.74. The van der Waals surface area contributed by atoms with Gasteiger partial charge in [0.25, 0.3) is 9.05 Å². The zero-order valence-corrected chi connectivity index (χ0v) is 9.03. The first-order valence-electron chi connectivity index (χ1n) is 3.43. The summed E-state index contributed by atoms with van der Waals surface area (Å²) in [7, 11) is 1.39. The lowest BCUT2D eigenvalue weighted by Gasteiger charge is -1.93. The van der Waals surface area contributed by atoms with Crippen molar-refractivity contribution in [3.05, 3.63) is 12.3 Å². The summed E-state index contributed by atoms with van der Waals surface area (Å²) in [5, 5.41) is 0.344. The van der Waals surface area contributed by atoms with Crippen molar-refractivity contribution in [3.63, 3.8) is 0 Å². The van der Waals surface area contributed by atoms with Gasteiger partial charge >= 0.3 is 0 Å². The number of halogens is 1. The van der Waals surface area contributed by atoms with Gasteiger partial charge in [-0.2, -0.15) is 0 Å². The summed E-state index contributed by atoms with van der Waals surface area (Å²) < 4.78 is 21.9. The van der Waals surface area contributed by atoms with E-state index in [4.69, 9.17) is 16.4 Å². The lowest BCUT2D eigenvalue weighted by molar-refractivity contribution is 0.609. The molecule has 14 heavy (non-hydrogen) atoms. The largest absolute Gasteiger partial charge is 0.375 e. The Morgan fingerprint density at radius 2 is 2.21 bits per heavy atom. The lowest BCUT2D eigenvalue weighted by atomic mass is 10.5. The van der Waals surface area contributed by atoms with Crippen LogP contribution < -0.4 is 5.73 Å². The summed E-state index contributed by atoms with van der Waals surface area (Å²) in [6.45, 7) is 0. The van der Waals surface area contributed by atoms with E-state index >= 15 is 0 Å². The molecule has 0 aliphatic carbocycles. The molecule has 0 saturated heterocycles. The Bertz CT molecular complexity index is 592. The monoisotopic (exact) mass is 249 g/mol. The molecule has 0 aliphatic heterocycles. The third kappa shape index (κ3) is 1.66. The van der Waals surface area contributed by atoms with Crippen LogP contribution in [-0.4, -0.2) is 18.4 Å². The number of aromatic nitrogens is 2. The van der Waals surface area contributed by atoms with Gasteiger partial charge in [-0.15, -0.1) is 0 Å². The molecule has 0 aliphatic rings. The number of nitrogens with two attached hydrogens (primary N) is 1. The van der Waals surface area contributed by atoms with Gasteiger partial charge in [-0.1, -0.05) is 11.3 Å². The van der Waals surface area contributed by atoms with Crippen LogP contribution in [0.3, 0.4) is 0 Å². The number of nitrogen functional groups attached to an aromatic ring is 1.